The molecule has 3 N–H and O–H groups in total. The van der Waals surface area contributed by atoms with E-state index in [1.165, 1.54) is 0 Å². The van der Waals surface area contributed by atoms with Gasteiger partial charge in [-0.15, -0.1) is 10.2 Å². The minimum atomic E-state index is -0.0622. The predicted molar refractivity (Wildman–Crippen MR) is 47.4 cm³/mol. The van der Waals surface area contributed by atoms with Crippen LogP contribution in [-0.2, 0) is 0 Å². The molecule has 1 aromatic rings. The summed E-state index contributed by atoms with van der Waals surface area (Å²) < 4.78 is 0. The molecular weight excluding hydrogens is 154 g/mol. The molecule has 64 valence electrons. The van der Waals surface area contributed by atoms with Crippen molar-refractivity contribution in [2.45, 2.75) is 0 Å². The van der Waals surface area contributed by atoms with Crippen LogP contribution in [0.25, 0.3) is 0 Å². The quantitative estimate of drug-likeness (QED) is 0.471. The van der Waals surface area contributed by atoms with Crippen molar-refractivity contribution in [3.8, 4) is 0 Å². The molecule has 5 heteroatoms. The molecule has 0 spiro atoms. The molecule has 1 rings (SSSR count). The number of nitrogens with zero attached hydrogens (tertiary/aromatic N) is 3. The van der Waals surface area contributed by atoms with Gasteiger partial charge in [-0.05, 0) is 12.1 Å². The fraction of sp³-hybridized carbons (Fsp3) is 0.286. The summed E-state index contributed by atoms with van der Waals surface area (Å²) in [6.45, 7) is 0. The molecule has 0 amide bonds. The molecule has 0 bridgehead atoms. The Balaban J connectivity index is 2.93. The van der Waals surface area contributed by atoms with Crippen LogP contribution in [0.1, 0.15) is 5.69 Å². The van der Waals surface area contributed by atoms with Crippen LogP contribution in [0.2, 0.25) is 0 Å². The number of nitrogens with two attached hydrogens (primary N) is 1. The van der Waals surface area contributed by atoms with E-state index in [9.17, 15) is 0 Å². The second-order valence-electron chi connectivity index (χ2n) is 2.58. The lowest BCUT2D eigenvalue weighted by molar-refractivity contribution is 0.953. The first-order valence-electron chi connectivity index (χ1n) is 3.46. The Morgan fingerprint density at radius 2 is 2.08 bits per heavy atom. The summed E-state index contributed by atoms with van der Waals surface area (Å²) in [5, 5.41) is 14.7. The summed E-state index contributed by atoms with van der Waals surface area (Å²) in [7, 11) is 3.74. The zero-order valence-electron chi connectivity index (χ0n) is 7.07. The number of nitrogen functional groups attached to an aromatic ring is 1. The first kappa shape index (κ1) is 8.45. The van der Waals surface area contributed by atoms with Crippen molar-refractivity contribution in [3.05, 3.63) is 17.8 Å². The Hall–Kier alpha value is -1.65. The molecule has 0 unspecified atom stereocenters. The van der Waals surface area contributed by atoms with Crippen molar-refractivity contribution >= 4 is 11.7 Å². The molecule has 1 heterocycles. The van der Waals surface area contributed by atoms with Gasteiger partial charge in [0.2, 0.25) is 0 Å². The lowest BCUT2D eigenvalue weighted by atomic mass is 10.3. The third-order valence-corrected chi connectivity index (χ3v) is 1.38. The predicted octanol–water partition coefficient (Wildman–Crippen LogP) is -0.173. The molecule has 5 nitrogen and oxygen atoms in total. The van der Waals surface area contributed by atoms with Crippen molar-refractivity contribution in [2.75, 3.05) is 19.0 Å². The molecular formula is C7H11N5. The third kappa shape index (κ3) is 1.69. The van der Waals surface area contributed by atoms with Gasteiger partial charge in [-0.25, -0.2) is 0 Å². The Bertz CT molecular complexity index is 276. The van der Waals surface area contributed by atoms with Gasteiger partial charge in [-0.3, -0.25) is 5.41 Å². The monoisotopic (exact) mass is 165 g/mol. The zero-order valence-corrected chi connectivity index (χ0v) is 7.07. The van der Waals surface area contributed by atoms with Crippen molar-refractivity contribution in [3.63, 3.8) is 0 Å². The van der Waals surface area contributed by atoms with Gasteiger partial charge in [0.1, 0.15) is 11.5 Å². The number of rotatable bonds is 2. The van der Waals surface area contributed by atoms with E-state index in [2.05, 4.69) is 10.2 Å². The summed E-state index contributed by atoms with van der Waals surface area (Å²) in [5.74, 6) is 0.688. The van der Waals surface area contributed by atoms with Crippen LogP contribution >= 0.6 is 0 Å². The number of amidine groups is 1. The van der Waals surface area contributed by atoms with Gasteiger partial charge >= 0.3 is 0 Å². The maximum absolute atomic E-state index is 7.07. The third-order valence-electron chi connectivity index (χ3n) is 1.38. The normalized spacial score (nSPS) is 9.50. The number of anilines is 1. The lowest BCUT2D eigenvalue weighted by Crippen LogP contribution is -2.16. The highest BCUT2D eigenvalue weighted by Crippen LogP contribution is 2.03. The Morgan fingerprint density at radius 1 is 1.42 bits per heavy atom. The van der Waals surface area contributed by atoms with Gasteiger partial charge < -0.3 is 10.6 Å². The molecule has 0 aliphatic heterocycles. The molecule has 0 aliphatic rings. The zero-order chi connectivity index (χ0) is 9.14. The summed E-state index contributed by atoms with van der Waals surface area (Å²) in [6.07, 6.45) is 0. The highest BCUT2D eigenvalue weighted by molar-refractivity contribution is 5.92. The van der Waals surface area contributed by atoms with Crippen molar-refractivity contribution in [1.82, 2.24) is 10.2 Å². The average molecular weight is 165 g/mol. The van der Waals surface area contributed by atoms with Gasteiger partial charge in [0.05, 0.1) is 0 Å². The fourth-order valence-corrected chi connectivity index (χ4v) is 0.707. The summed E-state index contributed by atoms with van der Waals surface area (Å²) in [6, 6.07) is 3.44. The first-order valence-corrected chi connectivity index (χ1v) is 3.46. The van der Waals surface area contributed by atoms with E-state index in [-0.39, 0.29) is 5.84 Å². The minimum absolute atomic E-state index is 0.0622. The van der Waals surface area contributed by atoms with E-state index in [0.717, 1.165) is 5.82 Å². The SMILES string of the molecule is CN(C)c1ccc(C(=N)N)nn1. The molecule has 12 heavy (non-hydrogen) atoms. The van der Waals surface area contributed by atoms with Crippen LogP contribution in [-0.4, -0.2) is 30.1 Å². The van der Waals surface area contributed by atoms with Crippen LogP contribution < -0.4 is 10.6 Å². The standard InChI is InChI=1S/C7H11N5/c1-12(2)6-4-3-5(7(8)9)10-11-6/h3-4H,1-2H3,(H3,8,9). The van der Waals surface area contributed by atoms with Crippen molar-refractivity contribution < 1.29 is 0 Å². The van der Waals surface area contributed by atoms with Crippen molar-refractivity contribution in [2.24, 2.45) is 5.73 Å². The summed E-state index contributed by atoms with van der Waals surface area (Å²) in [5.41, 5.74) is 5.61. The molecule has 1 aromatic heterocycles. The maximum atomic E-state index is 7.07. The molecule has 0 saturated heterocycles. The highest BCUT2D eigenvalue weighted by Gasteiger charge is 2.00. The van der Waals surface area contributed by atoms with Crippen LogP contribution in [0.4, 0.5) is 5.82 Å². The van der Waals surface area contributed by atoms with E-state index in [1.807, 2.05) is 19.0 Å². The van der Waals surface area contributed by atoms with Crippen molar-refractivity contribution in [1.29, 1.82) is 5.41 Å². The van der Waals surface area contributed by atoms with E-state index in [1.54, 1.807) is 12.1 Å². The van der Waals surface area contributed by atoms with Gasteiger partial charge in [-0.1, -0.05) is 0 Å². The second-order valence-corrected chi connectivity index (χ2v) is 2.58. The van der Waals surface area contributed by atoms with Crippen LogP contribution in [0.15, 0.2) is 12.1 Å². The molecule has 0 atom stereocenters. The molecule has 0 saturated carbocycles. The van der Waals surface area contributed by atoms with E-state index >= 15 is 0 Å². The Kier molecular flexibility index (Phi) is 2.23. The number of hydrogen-bond donors (Lipinski definition) is 2. The van der Waals surface area contributed by atoms with Gasteiger partial charge in [0, 0.05) is 14.1 Å². The van der Waals surface area contributed by atoms with E-state index in [0.29, 0.717) is 5.69 Å². The highest BCUT2D eigenvalue weighted by atomic mass is 15.2. The average Bonchev–Trinajstić information content (AvgIpc) is 2.04. The number of hydrogen-bond acceptors (Lipinski definition) is 4. The minimum Gasteiger partial charge on any atom is -0.382 e. The summed E-state index contributed by atoms with van der Waals surface area (Å²) in [4.78, 5) is 1.83. The van der Waals surface area contributed by atoms with Crippen LogP contribution in [0.5, 0.6) is 0 Å². The maximum Gasteiger partial charge on any atom is 0.150 e. The van der Waals surface area contributed by atoms with Crippen LogP contribution in [0.3, 0.4) is 0 Å². The Morgan fingerprint density at radius 3 is 2.42 bits per heavy atom. The Labute approximate surface area is 70.7 Å². The van der Waals surface area contributed by atoms with E-state index < -0.39 is 0 Å². The first-order chi connectivity index (χ1) is 5.61. The van der Waals surface area contributed by atoms with Gasteiger partial charge in [-0.2, -0.15) is 0 Å². The second kappa shape index (κ2) is 3.17. The molecule has 0 fully saturated rings. The molecule has 0 aliphatic carbocycles. The summed E-state index contributed by atoms with van der Waals surface area (Å²) >= 11 is 0. The van der Waals surface area contributed by atoms with Gasteiger partial charge in [0.25, 0.3) is 0 Å². The van der Waals surface area contributed by atoms with E-state index in [4.69, 9.17) is 11.1 Å². The largest absolute Gasteiger partial charge is 0.382 e. The van der Waals surface area contributed by atoms with Crippen LogP contribution in [0, 0.1) is 5.41 Å². The smallest absolute Gasteiger partial charge is 0.150 e. The number of nitrogens with one attached hydrogen (secondary N) is 1. The van der Waals surface area contributed by atoms with Gasteiger partial charge in [0.15, 0.2) is 5.82 Å². The number of aromatic nitrogens is 2. The fourth-order valence-electron chi connectivity index (χ4n) is 0.707. The lowest BCUT2D eigenvalue weighted by Gasteiger charge is -2.09. The molecule has 0 aromatic carbocycles. The topological polar surface area (TPSA) is 78.9 Å². The molecule has 0 radical (unpaired) electrons.